The fourth-order valence-corrected chi connectivity index (χ4v) is 13.2. The number of H-pyrrole nitrogens is 8. The number of carbonyl (C=O) groups is 4. The first kappa shape index (κ1) is 72.6. The van der Waals surface area contributed by atoms with Crippen LogP contribution in [-0.4, -0.2) is 149 Å². The summed E-state index contributed by atoms with van der Waals surface area (Å²) in [6.07, 6.45) is 11.4. The molecule has 564 valence electrons. The van der Waals surface area contributed by atoms with E-state index in [0.29, 0.717) is 115 Å². The lowest BCUT2D eigenvalue weighted by molar-refractivity contribution is 0.101. The van der Waals surface area contributed by atoms with Gasteiger partial charge in [0.05, 0.1) is 132 Å². The molecule has 9 aromatic heterocycles. The van der Waals surface area contributed by atoms with Gasteiger partial charge in [0.1, 0.15) is 40.1 Å². The molecule has 0 saturated carbocycles. The molecule has 0 atom stereocenters. The monoisotopic (exact) mass is 1550 g/mol. The lowest BCUT2D eigenvalue weighted by Crippen LogP contribution is -2.36. The van der Waals surface area contributed by atoms with E-state index in [-0.39, 0.29) is 17.7 Å². The summed E-state index contributed by atoms with van der Waals surface area (Å²) in [7, 11) is 0. The van der Waals surface area contributed by atoms with Crippen molar-refractivity contribution in [3.63, 3.8) is 0 Å². The second kappa shape index (κ2) is 32.7. The van der Waals surface area contributed by atoms with Crippen molar-refractivity contribution in [1.29, 1.82) is 0 Å². The smallest absolute Gasteiger partial charge is 0.323 e. The third-order valence-electron chi connectivity index (χ3n) is 18.4. The van der Waals surface area contributed by atoms with Crippen molar-refractivity contribution in [2.45, 2.75) is 12.8 Å². The van der Waals surface area contributed by atoms with Crippen molar-refractivity contribution in [2.75, 3.05) is 75.8 Å². The Kier molecular flexibility index (Phi) is 21.0. The van der Waals surface area contributed by atoms with E-state index in [1.165, 1.54) is 31.5 Å². The molecule has 8 aromatic carbocycles. The summed E-state index contributed by atoms with van der Waals surface area (Å²) in [5.74, 6) is 0.332. The lowest BCUT2D eigenvalue weighted by Gasteiger charge is -2.29. The highest BCUT2D eigenvalue weighted by Gasteiger charge is 2.24. The van der Waals surface area contributed by atoms with Gasteiger partial charge in [0.25, 0.3) is 17.7 Å². The minimum Gasteiger partial charge on any atom is -0.444 e. The van der Waals surface area contributed by atoms with Gasteiger partial charge < -0.3 is 65.5 Å². The van der Waals surface area contributed by atoms with Crippen molar-refractivity contribution in [3.05, 3.63) is 252 Å². The molecule has 2 aliphatic rings. The highest BCUT2D eigenvalue weighted by atomic mass is 35.5. The Balaban J connectivity index is 0.000000114. The van der Waals surface area contributed by atoms with E-state index in [1.54, 1.807) is 49.1 Å². The average molecular weight is 1550 g/mol. The largest absolute Gasteiger partial charge is 0.444 e. The second-order valence-corrected chi connectivity index (χ2v) is 26.5. The van der Waals surface area contributed by atoms with Gasteiger partial charge in [0.2, 0.25) is 0 Å². The SMILES string of the molecule is O=C(Nc1cn[nH]c1-c1nc2ccccc2[nH]1)Nc1c(F)cccc1F.O=C(Nc1cn[nH]c1-c1nc2ccccc2[nH]1)c1ccc(-c2cnco2)cc1.O=C(Nc1cn[nH]c1-c1nc2ccccc2[nH]1)c1ccc(N2CCCC2)cc1Cl.O=C(Nc1cn[nH]c1-c1nc2ccccc2[nH]1)c1ccc(N2CCOCC2)cc1Cl. The number of hydrogen-bond acceptors (Lipinski definition) is 17. The van der Waals surface area contributed by atoms with Crippen LogP contribution in [0.2, 0.25) is 10.0 Å². The minimum absolute atomic E-state index is 0.247. The molecule has 2 fully saturated rings. The van der Waals surface area contributed by atoms with Crippen LogP contribution in [0.25, 0.3) is 102 Å². The normalized spacial score (nSPS) is 12.6. The van der Waals surface area contributed by atoms with Gasteiger partial charge in [0.15, 0.2) is 35.5 Å². The molecule has 113 heavy (non-hydrogen) atoms. The molecule has 0 radical (unpaired) electrons. The Hall–Kier alpha value is -14.6. The number of aromatic amines is 8. The number of aromatic nitrogens is 17. The number of para-hydroxylation sites is 9. The Morgan fingerprint density at radius 3 is 1.19 bits per heavy atom. The summed E-state index contributed by atoms with van der Waals surface area (Å²) in [6, 6.07) is 51.2. The molecule has 19 rings (SSSR count). The third-order valence-corrected chi connectivity index (χ3v) is 19.0. The quantitative estimate of drug-likeness (QED) is 0.0453. The first-order valence-corrected chi connectivity index (χ1v) is 36.1. The maximum atomic E-state index is 13.6. The molecule has 0 aliphatic carbocycles. The summed E-state index contributed by atoms with van der Waals surface area (Å²) in [6.45, 7) is 5.03. The molecule has 0 bridgehead atoms. The van der Waals surface area contributed by atoms with Crippen LogP contribution in [0.3, 0.4) is 0 Å². The number of fused-ring (bicyclic) bond motifs is 4. The first-order valence-electron chi connectivity index (χ1n) is 35.3. The summed E-state index contributed by atoms with van der Waals surface area (Å²) in [5, 5.41) is 41.6. The van der Waals surface area contributed by atoms with Gasteiger partial charge in [0, 0.05) is 48.7 Å². The number of rotatable bonds is 15. The second-order valence-electron chi connectivity index (χ2n) is 25.6. The van der Waals surface area contributed by atoms with Gasteiger partial charge in [-0.25, -0.2) is 38.5 Å². The summed E-state index contributed by atoms with van der Waals surface area (Å²) in [5.41, 5.74) is 14.7. The van der Waals surface area contributed by atoms with Crippen LogP contribution in [-0.2, 0) is 4.74 Å². The molecule has 13 N–H and O–H groups in total. The van der Waals surface area contributed by atoms with Crippen LogP contribution >= 0.6 is 23.2 Å². The zero-order chi connectivity index (χ0) is 77.3. The molecule has 17 aromatic rings. The van der Waals surface area contributed by atoms with Crippen LogP contribution < -0.4 is 36.4 Å². The molecular formula is C79H64Cl2F2N24O6. The predicted molar refractivity (Wildman–Crippen MR) is 427 cm³/mol. The van der Waals surface area contributed by atoms with Crippen molar-refractivity contribution < 1.29 is 37.1 Å². The number of oxazole rings is 1. The van der Waals surface area contributed by atoms with Crippen LogP contribution in [0, 0.1) is 11.6 Å². The maximum Gasteiger partial charge on any atom is 0.323 e. The van der Waals surface area contributed by atoms with Crippen molar-refractivity contribution in [1.82, 2.24) is 85.6 Å². The van der Waals surface area contributed by atoms with Gasteiger partial charge in [-0.05, 0) is 122 Å². The van der Waals surface area contributed by atoms with E-state index in [2.05, 4.69) is 122 Å². The van der Waals surface area contributed by atoms with E-state index in [0.717, 1.165) is 99.4 Å². The van der Waals surface area contributed by atoms with E-state index in [9.17, 15) is 28.0 Å². The predicted octanol–water partition coefficient (Wildman–Crippen LogP) is 15.9. The number of urea groups is 1. The number of imidazole rings is 4. The summed E-state index contributed by atoms with van der Waals surface area (Å²) >= 11 is 12.9. The topological polar surface area (TPSA) is 400 Å². The number of ether oxygens (including phenoxy) is 1. The third kappa shape index (κ3) is 16.3. The number of benzene rings is 8. The minimum atomic E-state index is -0.871. The molecule has 0 spiro atoms. The molecule has 11 heterocycles. The van der Waals surface area contributed by atoms with E-state index >= 15 is 0 Å². The first-order chi connectivity index (χ1) is 55.3. The number of anilines is 7. The van der Waals surface area contributed by atoms with Crippen molar-refractivity contribution >= 4 is 131 Å². The Morgan fingerprint density at radius 1 is 0.416 bits per heavy atom. The number of nitrogens with zero attached hydrogens (tertiary/aromatic N) is 11. The van der Waals surface area contributed by atoms with Gasteiger partial charge >= 0.3 is 6.03 Å². The highest BCUT2D eigenvalue weighted by Crippen LogP contribution is 2.34. The highest BCUT2D eigenvalue weighted by molar-refractivity contribution is 6.35. The fraction of sp³-hybridized carbons (Fsp3) is 0.101. The van der Waals surface area contributed by atoms with Gasteiger partial charge in [-0.2, -0.15) is 20.4 Å². The zero-order valence-electron chi connectivity index (χ0n) is 59.2. The molecule has 2 saturated heterocycles. The molecule has 30 nitrogen and oxygen atoms in total. The average Bonchev–Trinajstić information content (AvgIpc) is 1.67. The van der Waals surface area contributed by atoms with Crippen LogP contribution in [0.15, 0.2) is 218 Å². The van der Waals surface area contributed by atoms with Crippen LogP contribution in [0.1, 0.15) is 43.9 Å². The maximum absolute atomic E-state index is 13.6. The molecule has 0 unspecified atom stereocenters. The van der Waals surface area contributed by atoms with Crippen LogP contribution in [0.4, 0.5) is 53.4 Å². The summed E-state index contributed by atoms with van der Waals surface area (Å²) in [4.78, 5) is 89.7. The van der Waals surface area contributed by atoms with Crippen molar-refractivity contribution in [3.8, 4) is 57.4 Å². The van der Waals surface area contributed by atoms with Gasteiger partial charge in [-0.1, -0.05) is 89.9 Å². The Morgan fingerprint density at radius 2 is 0.805 bits per heavy atom. The Bertz CT molecular complexity index is 6120. The summed E-state index contributed by atoms with van der Waals surface area (Å²) < 4.78 is 37.9. The van der Waals surface area contributed by atoms with E-state index in [1.807, 2.05) is 133 Å². The van der Waals surface area contributed by atoms with Gasteiger partial charge in [-0.3, -0.25) is 34.8 Å². The molecule has 5 amide bonds. The van der Waals surface area contributed by atoms with Crippen LogP contribution in [0.5, 0.6) is 0 Å². The molecule has 2 aliphatic heterocycles. The number of amides is 5. The standard InChI is InChI=1S/C21H19ClN6O2.C21H19ClN6O.C20H14N6O2.C17H12F2N6O/c22-15-11-13(28-7-9-30-10-8-28)5-6-14(15)21(29)26-18-12-23-27-19(18)20-24-16-3-1-2-4-17(16)25-20;22-15-11-13(28-9-3-4-10-28)7-8-14(15)21(29)26-18-12-23-27-19(18)20-24-16-5-1-2-6-17(16)25-20;27-20(13-7-5-12(6-8-13)17-10-21-11-28-17)25-16-9-22-26-18(16)19-23-14-3-1-2-4-15(14)24-19;18-9-4-3-5-10(19)14(9)24-17(26)23-13-8-20-25-15(13)16-21-11-6-1-2-7-12(11)22-16/h1-6,11-12H,7-10H2,(H,23,27)(H,24,25)(H,26,29);1-2,5-8,11-12H,3-4,9-10H2,(H,23,27)(H,24,25)(H,26,29);1-11H,(H,22,26)(H,23,24)(H,25,27);1-8H,(H,20,25)(H,21,22)(H2,23,24,26). The molecular weight excluding hydrogens is 1490 g/mol. The number of hydrogen-bond donors (Lipinski definition) is 13. The number of nitrogens with one attached hydrogen (secondary N) is 13. The van der Waals surface area contributed by atoms with Gasteiger partial charge in [-0.15, -0.1) is 0 Å². The van der Waals surface area contributed by atoms with E-state index in [4.69, 9.17) is 32.4 Å². The van der Waals surface area contributed by atoms with Crippen molar-refractivity contribution in [2.24, 2.45) is 0 Å². The lowest BCUT2D eigenvalue weighted by atomic mass is 10.1. The Labute approximate surface area is 648 Å². The number of carbonyl (C=O) groups excluding carboxylic acids is 4. The zero-order valence-corrected chi connectivity index (χ0v) is 60.8. The van der Waals surface area contributed by atoms with E-state index < -0.39 is 23.4 Å². The molecule has 34 heteroatoms. The number of halogens is 4. The number of morpholine rings is 1. The fourth-order valence-electron chi connectivity index (χ4n) is 12.7.